The predicted octanol–water partition coefficient (Wildman–Crippen LogP) is 3.93. The molecule has 3 rings (SSSR count). The number of hydrogen-bond donors (Lipinski definition) is 2. The first-order chi connectivity index (χ1) is 12.5. The van der Waals surface area contributed by atoms with Crippen molar-refractivity contribution >= 4 is 23.8 Å². The fourth-order valence-electron chi connectivity index (χ4n) is 2.59. The van der Waals surface area contributed by atoms with Gasteiger partial charge in [0.1, 0.15) is 0 Å². The van der Waals surface area contributed by atoms with E-state index >= 15 is 0 Å². The second-order valence-electron chi connectivity index (χ2n) is 5.72. The largest absolute Gasteiger partial charge is 0.478 e. The Labute approximate surface area is 149 Å². The van der Waals surface area contributed by atoms with Crippen LogP contribution in [-0.4, -0.2) is 32.9 Å². The first-order valence-corrected chi connectivity index (χ1v) is 7.85. The number of nitrogens with zero attached hydrogens (tertiary/aromatic N) is 2. The fraction of sp³-hybridized carbons (Fsp3) is 0.0500. The van der Waals surface area contributed by atoms with E-state index in [2.05, 4.69) is 4.99 Å². The van der Waals surface area contributed by atoms with Crippen LogP contribution in [0, 0.1) is 6.92 Å². The lowest BCUT2D eigenvalue weighted by Crippen LogP contribution is -2.01. The molecule has 0 aliphatic carbocycles. The number of benzene rings is 2. The molecule has 2 aromatic carbocycles. The standard InChI is InChI=1S/C20H16N2O4/c1-13-10-15(20(25)26)7-8-18(13)21-12-17-6-3-9-22(17)16-5-2-4-14(11-16)19(23)24/h2-12H,1H3,(H,23,24)(H,25,26). The summed E-state index contributed by atoms with van der Waals surface area (Å²) in [7, 11) is 0. The maximum atomic E-state index is 11.2. The molecule has 0 aliphatic rings. The Bertz CT molecular complexity index is 1020. The van der Waals surface area contributed by atoms with Crippen LogP contribution in [-0.2, 0) is 0 Å². The molecule has 2 N–H and O–H groups in total. The number of carboxylic acid groups (broad SMARTS) is 2. The van der Waals surface area contributed by atoms with Gasteiger partial charge in [-0.3, -0.25) is 4.99 Å². The van der Waals surface area contributed by atoms with Gasteiger partial charge in [-0.25, -0.2) is 9.59 Å². The summed E-state index contributed by atoms with van der Waals surface area (Å²) in [6, 6.07) is 15.1. The SMILES string of the molecule is Cc1cc(C(=O)O)ccc1N=Cc1cccn1-c1cccc(C(=O)O)c1. The van der Waals surface area contributed by atoms with Crippen LogP contribution in [0.1, 0.15) is 32.0 Å². The highest BCUT2D eigenvalue weighted by Crippen LogP contribution is 2.20. The van der Waals surface area contributed by atoms with Crippen LogP contribution in [0.15, 0.2) is 65.8 Å². The number of aromatic carboxylic acids is 2. The lowest BCUT2D eigenvalue weighted by Gasteiger charge is -2.07. The normalized spacial score (nSPS) is 11.0. The van der Waals surface area contributed by atoms with Gasteiger partial charge in [0.15, 0.2) is 0 Å². The average Bonchev–Trinajstić information content (AvgIpc) is 3.09. The molecule has 0 radical (unpaired) electrons. The molecule has 130 valence electrons. The van der Waals surface area contributed by atoms with Gasteiger partial charge in [-0.05, 0) is 61.0 Å². The zero-order chi connectivity index (χ0) is 18.7. The number of aliphatic imine (C=N–C) groups is 1. The third kappa shape index (κ3) is 3.54. The first-order valence-electron chi connectivity index (χ1n) is 7.85. The number of carbonyl (C=O) groups is 2. The minimum Gasteiger partial charge on any atom is -0.478 e. The Kier molecular flexibility index (Phi) is 4.66. The molecular weight excluding hydrogens is 332 g/mol. The maximum Gasteiger partial charge on any atom is 0.335 e. The molecule has 6 heteroatoms. The average molecular weight is 348 g/mol. The van der Waals surface area contributed by atoms with Crippen molar-refractivity contribution in [3.05, 3.63) is 83.2 Å². The lowest BCUT2D eigenvalue weighted by molar-refractivity contribution is 0.0686. The second kappa shape index (κ2) is 7.06. The van der Waals surface area contributed by atoms with Gasteiger partial charge >= 0.3 is 11.9 Å². The van der Waals surface area contributed by atoms with E-state index in [1.807, 2.05) is 29.0 Å². The Hall–Kier alpha value is -3.67. The van der Waals surface area contributed by atoms with Crippen LogP contribution in [0.5, 0.6) is 0 Å². The fourth-order valence-corrected chi connectivity index (χ4v) is 2.59. The Morgan fingerprint density at radius 1 is 0.962 bits per heavy atom. The zero-order valence-corrected chi connectivity index (χ0v) is 14.0. The molecule has 0 unspecified atom stereocenters. The van der Waals surface area contributed by atoms with E-state index in [4.69, 9.17) is 10.2 Å². The van der Waals surface area contributed by atoms with Gasteiger partial charge in [-0.1, -0.05) is 6.07 Å². The van der Waals surface area contributed by atoms with Gasteiger partial charge in [0.25, 0.3) is 0 Å². The molecule has 26 heavy (non-hydrogen) atoms. The number of hydrogen-bond acceptors (Lipinski definition) is 3. The van der Waals surface area contributed by atoms with Gasteiger partial charge < -0.3 is 14.8 Å². The van der Waals surface area contributed by atoms with Crippen LogP contribution in [0.25, 0.3) is 5.69 Å². The highest BCUT2D eigenvalue weighted by atomic mass is 16.4. The van der Waals surface area contributed by atoms with Crippen molar-refractivity contribution < 1.29 is 19.8 Å². The third-order valence-corrected chi connectivity index (χ3v) is 3.93. The van der Waals surface area contributed by atoms with E-state index in [1.165, 1.54) is 12.1 Å². The van der Waals surface area contributed by atoms with Crippen molar-refractivity contribution in [2.75, 3.05) is 0 Å². The predicted molar refractivity (Wildman–Crippen MR) is 98.1 cm³/mol. The topological polar surface area (TPSA) is 91.9 Å². The van der Waals surface area contributed by atoms with Crippen molar-refractivity contribution in [1.82, 2.24) is 4.57 Å². The number of rotatable bonds is 5. The molecule has 6 nitrogen and oxygen atoms in total. The lowest BCUT2D eigenvalue weighted by atomic mass is 10.1. The second-order valence-corrected chi connectivity index (χ2v) is 5.72. The summed E-state index contributed by atoms with van der Waals surface area (Å²) < 4.78 is 1.83. The molecule has 3 aromatic rings. The molecule has 0 aliphatic heterocycles. The molecule has 0 saturated carbocycles. The Morgan fingerprint density at radius 2 is 1.69 bits per heavy atom. The summed E-state index contributed by atoms with van der Waals surface area (Å²) >= 11 is 0. The van der Waals surface area contributed by atoms with E-state index < -0.39 is 11.9 Å². The van der Waals surface area contributed by atoms with Gasteiger partial charge in [-0.15, -0.1) is 0 Å². The quantitative estimate of drug-likeness (QED) is 0.683. The van der Waals surface area contributed by atoms with E-state index in [-0.39, 0.29) is 11.1 Å². The van der Waals surface area contributed by atoms with Gasteiger partial charge in [0.2, 0.25) is 0 Å². The van der Waals surface area contributed by atoms with E-state index in [0.29, 0.717) is 11.4 Å². The van der Waals surface area contributed by atoms with Crippen LogP contribution in [0.4, 0.5) is 5.69 Å². The molecule has 0 fully saturated rings. The number of carboxylic acids is 2. The van der Waals surface area contributed by atoms with E-state index in [9.17, 15) is 9.59 Å². The summed E-state index contributed by atoms with van der Waals surface area (Å²) in [6.07, 6.45) is 3.49. The monoisotopic (exact) mass is 348 g/mol. The molecule has 0 spiro atoms. The molecular formula is C20H16N2O4. The van der Waals surface area contributed by atoms with Gasteiger partial charge in [-0.2, -0.15) is 0 Å². The minimum absolute atomic E-state index is 0.208. The van der Waals surface area contributed by atoms with E-state index in [0.717, 1.165) is 11.3 Å². The molecule has 0 saturated heterocycles. The van der Waals surface area contributed by atoms with Crippen molar-refractivity contribution in [3.63, 3.8) is 0 Å². The Morgan fingerprint density at radius 3 is 2.38 bits per heavy atom. The minimum atomic E-state index is -0.983. The summed E-state index contributed by atoms with van der Waals surface area (Å²) in [6.45, 7) is 1.80. The van der Waals surface area contributed by atoms with Crippen LogP contribution >= 0.6 is 0 Å². The first kappa shape index (κ1) is 17.2. The number of aromatic nitrogens is 1. The summed E-state index contributed by atoms with van der Waals surface area (Å²) in [5.74, 6) is -1.96. The number of aryl methyl sites for hydroxylation is 1. The van der Waals surface area contributed by atoms with Crippen molar-refractivity contribution in [2.24, 2.45) is 4.99 Å². The molecule has 1 heterocycles. The molecule has 1 aromatic heterocycles. The summed E-state index contributed by atoms with van der Waals surface area (Å²) in [5, 5.41) is 18.2. The summed E-state index contributed by atoms with van der Waals surface area (Å²) in [5.41, 5.74) is 3.34. The van der Waals surface area contributed by atoms with Gasteiger partial charge in [0, 0.05) is 11.9 Å². The highest BCUT2D eigenvalue weighted by Gasteiger charge is 2.07. The summed E-state index contributed by atoms with van der Waals surface area (Å²) in [4.78, 5) is 26.6. The van der Waals surface area contributed by atoms with Crippen LogP contribution in [0.3, 0.4) is 0 Å². The van der Waals surface area contributed by atoms with Crippen LogP contribution in [0.2, 0.25) is 0 Å². The molecule has 0 amide bonds. The van der Waals surface area contributed by atoms with Crippen molar-refractivity contribution in [2.45, 2.75) is 6.92 Å². The Balaban J connectivity index is 1.92. The van der Waals surface area contributed by atoms with E-state index in [1.54, 1.807) is 37.4 Å². The van der Waals surface area contributed by atoms with Gasteiger partial charge in [0.05, 0.1) is 28.7 Å². The highest BCUT2D eigenvalue weighted by molar-refractivity contribution is 5.89. The molecule has 0 bridgehead atoms. The van der Waals surface area contributed by atoms with Crippen LogP contribution < -0.4 is 0 Å². The molecule has 0 atom stereocenters. The van der Waals surface area contributed by atoms with Crippen molar-refractivity contribution in [3.8, 4) is 5.69 Å². The van der Waals surface area contributed by atoms with Crippen molar-refractivity contribution in [1.29, 1.82) is 0 Å². The maximum absolute atomic E-state index is 11.2. The third-order valence-electron chi connectivity index (χ3n) is 3.93. The zero-order valence-electron chi connectivity index (χ0n) is 14.0. The smallest absolute Gasteiger partial charge is 0.335 e.